The SMILES string of the molecule is CN(Cc1cccc(C#N)c1)C(=O)c1c(C=O)cccc1[N+](=O)[O-]. The van der Waals surface area contributed by atoms with Crippen LogP contribution in [0.2, 0.25) is 0 Å². The van der Waals surface area contributed by atoms with Crippen LogP contribution in [0.5, 0.6) is 0 Å². The van der Waals surface area contributed by atoms with E-state index in [2.05, 4.69) is 0 Å². The fourth-order valence-corrected chi connectivity index (χ4v) is 2.32. The topological polar surface area (TPSA) is 104 Å². The number of nitro benzene ring substituents is 1. The summed E-state index contributed by atoms with van der Waals surface area (Å²) in [6.45, 7) is 0.151. The van der Waals surface area contributed by atoms with Gasteiger partial charge in [-0.2, -0.15) is 5.26 Å². The molecule has 1 amide bonds. The van der Waals surface area contributed by atoms with Crippen LogP contribution >= 0.6 is 0 Å². The van der Waals surface area contributed by atoms with Crippen molar-refractivity contribution in [2.24, 2.45) is 0 Å². The van der Waals surface area contributed by atoms with Crippen molar-refractivity contribution < 1.29 is 14.5 Å². The second kappa shape index (κ2) is 7.15. The standard InChI is InChI=1S/C17H13N3O4/c1-19(10-13-5-2-4-12(8-13)9-18)17(22)16-14(11-21)6-3-7-15(16)20(23)24/h2-8,11H,10H2,1H3. The van der Waals surface area contributed by atoms with Crippen LogP contribution in [0.15, 0.2) is 42.5 Å². The minimum absolute atomic E-state index is 0.0353. The first kappa shape index (κ1) is 16.8. The number of nitriles is 1. The van der Waals surface area contributed by atoms with Crippen molar-refractivity contribution >= 4 is 17.9 Å². The molecule has 0 aliphatic carbocycles. The maximum Gasteiger partial charge on any atom is 0.282 e. The number of benzene rings is 2. The molecule has 0 aliphatic rings. The molecule has 0 unspecified atom stereocenters. The van der Waals surface area contributed by atoms with Gasteiger partial charge in [0, 0.05) is 25.2 Å². The van der Waals surface area contributed by atoms with Gasteiger partial charge in [0.2, 0.25) is 0 Å². The third-order valence-corrected chi connectivity index (χ3v) is 3.43. The number of hydrogen-bond donors (Lipinski definition) is 0. The maximum absolute atomic E-state index is 12.6. The number of nitrogens with zero attached hydrogens (tertiary/aromatic N) is 3. The number of carbonyl (C=O) groups excluding carboxylic acids is 2. The minimum atomic E-state index is -0.690. The van der Waals surface area contributed by atoms with E-state index < -0.39 is 16.5 Å². The summed E-state index contributed by atoms with van der Waals surface area (Å²) in [4.78, 5) is 35.5. The third kappa shape index (κ3) is 3.44. The van der Waals surface area contributed by atoms with Gasteiger partial charge >= 0.3 is 0 Å². The van der Waals surface area contributed by atoms with E-state index in [-0.39, 0.29) is 17.7 Å². The second-order valence-corrected chi connectivity index (χ2v) is 5.09. The predicted molar refractivity (Wildman–Crippen MR) is 85.4 cm³/mol. The Bertz CT molecular complexity index is 855. The van der Waals surface area contributed by atoms with Gasteiger partial charge in [0.15, 0.2) is 6.29 Å². The van der Waals surface area contributed by atoms with Gasteiger partial charge in [0.1, 0.15) is 5.56 Å². The molecule has 2 aromatic carbocycles. The lowest BCUT2D eigenvalue weighted by molar-refractivity contribution is -0.385. The fourth-order valence-electron chi connectivity index (χ4n) is 2.32. The number of amides is 1. The summed E-state index contributed by atoms with van der Waals surface area (Å²) in [6, 6.07) is 12.6. The number of nitro groups is 1. The number of hydrogen-bond acceptors (Lipinski definition) is 5. The molecule has 0 bridgehead atoms. The molecule has 0 N–H and O–H groups in total. The Morgan fingerprint density at radius 1 is 1.33 bits per heavy atom. The molecule has 0 radical (unpaired) electrons. The number of carbonyl (C=O) groups is 2. The van der Waals surface area contributed by atoms with Crippen LogP contribution in [0.4, 0.5) is 5.69 Å². The molecule has 0 spiro atoms. The quantitative estimate of drug-likeness (QED) is 0.478. The van der Waals surface area contributed by atoms with Crippen molar-refractivity contribution in [3.8, 4) is 6.07 Å². The predicted octanol–water partition coefficient (Wildman–Crippen LogP) is 2.55. The highest BCUT2D eigenvalue weighted by Crippen LogP contribution is 2.23. The van der Waals surface area contributed by atoms with Crippen LogP contribution in [0.1, 0.15) is 31.8 Å². The van der Waals surface area contributed by atoms with Gasteiger partial charge in [-0.3, -0.25) is 19.7 Å². The van der Waals surface area contributed by atoms with E-state index in [9.17, 15) is 19.7 Å². The first-order chi connectivity index (χ1) is 11.5. The molecule has 0 fully saturated rings. The summed E-state index contributed by atoms with van der Waals surface area (Å²) in [7, 11) is 1.48. The molecular formula is C17H13N3O4. The summed E-state index contributed by atoms with van der Waals surface area (Å²) < 4.78 is 0. The summed E-state index contributed by atoms with van der Waals surface area (Å²) in [5, 5.41) is 20.0. The monoisotopic (exact) mass is 323 g/mol. The molecule has 0 heterocycles. The molecule has 120 valence electrons. The zero-order valence-electron chi connectivity index (χ0n) is 12.8. The van der Waals surface area contributed by atoms with Crippen LogP contribution in [0.3, 0.4) is 0 Å². The van der Waals surface area contributed by atoms with E-state index in [4.69, 9.17) is 5.26 Å². The van der Waals surface area contributed by atoms with Crippen molar-refractivity contribution in [3.63, 3.8) is 0 Å². The Morgan fingerprint density at radius 2 is 2.04 bits per heavy atom. The Morgan fingerprint density at radius 3 is 2.67 bits per heavy atom. The second-order valence-electron chi connectivity index (χ2n) is 5.09. The van der Waals surface area contributed by atoms with E-state index in [1.807, 2.05) is 6.07 Å². The maximum atomic E-state index is 12.6. The first-order valence-corrected chi connectivity index (χ1v) is 6.95. The summed E-state index contributed by atoms with van der Waals surface area (Å²) in [5.74, 6) is -0.633. The normalized spacial score (nSPS) is 9.83. The summed E-state index contributed by atoms with van der Waals surface area (Å²) in [5.41, 5.74) is 0.467. The van der Waals surface area contributed by atoms with Gasteiger partial charge < -0.3 is 4.90 Å². The molecule has 7 heteroatoms. The zero-order chi connectivity index (χ0) is 17.7. The van der Waals surface area contributed by atoms with Crippen LogP contribution < -0.4 is 0 Å². The van der Waals surface area contributed by atoms with Gasteiger partial charge in [-0.15, -0.1) is 0 Å². The molecule has 0 saturated heterocycles. The van der Waals surface area contributed by atoms with Crippen LogP contribution in [-0.2, 0) is 6.54 Å². The van der Waals surface area contributed by atoms with E-state index in [1.54, 1.807) is 24.3 Å². The van der Waals surface area contributed by atoms with Crippen LogP contribution in [0, 0.1) is 21.4 Å². The molecule has 2 rings (SSSR count). The summed E-state index contributed by atoms with van der Waals surface area (Å²) in [6.07, 6.45) is 0.421. The van der Waals surface area contributed by atoms with E-state index in [0.717, 1.165) is 0 Å². The Hall–Kier alpha value is -3.53. The highest BCUT2D eigenvalue weighted by Gasteiger charge is 2.26. The number of aldehydes is 1. The molecule has 0 saturated carbocycles. The number of rotatable bonds is 5. The van der Waals surface area contributed by atoms with Gasteiger partial charge in [0.05, 0.1) is 16.6 Å². The lowest BCUT2D eigenvalue weighted by Gasteiger charge is -2.18. The van der Waals surface area contributed by atoms with Gasteiger partial charge in [-0.05, 0) is 17.7 Å². The Labute approximate surface area is 137 Å². The van der Waals surface area contributed by atoms with Crippen molar-refractivity contribution in [3.05, 3.63) is 74.8 Å². The Kier molecular flexibility index (Phi) is 5.02. The zero-order valence-corrected chi connectivity index (χ0v) is 12.8. The average Bonchev–Trinajstić information content (AvgIpc) is 2.60. The van der Waals surface area contributed by atoms with Crippen molar-refractivity contribution in [1.82, 2.24) is 4.90 Å². The molecular weight excluding hydrogens is 310 g/mol. The molecule has 0 atom stereocenters. The minimum Gasteiger partial charge on any atom is -0.337 e. The van der Waals surface area contributed by atoms with E-state index in [1.165, 1.54) is 30.1 Å². The van der Waals surface area contributed by atoms with Gasteiger partial charge in [-0.25, -0.2) is 0 Å². The molecule has 0 aromatic heterocycles. The molecule has 24 heavy (non-hydrogen) atoms. The van der Waals surface area contributed by atoms with Crippen molar-refractivity contribution in [2.75, 3.05) is 7.05 Å². The Balaban J connectivity index is 2.36. The third-order valence-electron chi connectivity index (χ3n) is 3.43. The lowest BCUT2D eigenvalue weighted by Crippen LogP contribution is -2.28. The highest BCUT2D eigenvalue weighted by molar-refractivity contribution is 6.04. The molecule has 7 nitrogen and oxygen atoms in total. The first-order valence-electron chi connectivity index (χ1n) is 6.95. The van der Waals surface area contributed by atoms with E-state index >= 15 is 0 Å². The highest BCUT2D eigenvalue weighted by atomic mass is 16.6. The van der Waals surface area contributed by atoms with Gasteiger partial charge in [-0.1, -0.05) is 24.3 Å². The van der Waals surface area contributed by atoms with E-state index in [0.29, 0.717) is 17.4 Å². The molecule has 2 aromatic rings. The van der Waals surface area contributed by atoms with Crippen LogP contribution in [-0.4, -0.2) is 29.1 Å². The summed E-state index contributed by atoms with van der Waals surface area (Å²) >= 11 is 0. The van der Waals surface area contributed by atoms with Gasteiger partial charge in [0.25, 0.3) is 11.6 Å². The van der Waals surface area contributed by atoms with Crippen molar-refractivity contribution in [1.29, 1.82) is 5.26 Å². The lowest BCUT2D eigenvalue weighted by atomic mass is 10.0. The van der Waals surface area contributed by atoms with Crippen LogP contribution in [0.25, 0.3) is 0 Å². The largest absolute Gasteiger partial charge is 0.337 e. The smallest absolute Gasteiger partial charge is 0.282 e. The molecule has 0 aliphatic heterocycles. The fraction of sp³-hybridized carbons (Fsp3) is 0.118. The van der Waals surface area contributed by atoms with Crippen molar-refractivity contribution in [2.45, 2.75) is 6.54 Å². The average molecular weight is 323 g/mol.